The summed E-state index contributed by atoms with van der Waals surface area (Å²) in [5.41, 5.74) is 0.926. The third-order valence-corrected chi connectivity index (χ3v) is 7.76. The van der Waals surface area contributed by atoms with Crippen molar-refractivity contribution in [1.29, 1.82) is 0 Å². The van der Waals surface area contributed by atoms with Crippen molar-refractivity contribution >= 4 is 52.6 Å². The smallest absolute Gasteiger partial charge is 0.422 e. The molecule has 5 rings (SSSR count). The molecule has 0 radical (unpaired) electrons. The zero-order valence-corrected chi connectivity index (χ0v) is 27.9. The molecule has 0 bridgehead atoms. The van der Waals surface area contributed by atoms with E-state index in [-0.39, 0.29) is 25.0 Å². The average Bonchev–Trinajstić information content (AvgIpc) is 3.73. The third kappa shape index (κ3) is 10.0. The van der Waals surface area contributed by atoms with Gasteiger partial charge >= 0.3 is 24.0 Å². The van der Waals surface area contributed by atoms with Gasteiger partial charge in [0.1, 0.15) is 0 Å². The molecule has 3 amide bonds. The van der Waals surface area contributed by atoms with Crippen molar-refractivity contribution in [1.82, 2.24) is 35.4 Å². The van der Waals surface area contributed by atoms with Gasteiger partial charge in [0.2, 0.25) is 11.9 Å². The van der Waals surface area contributed by atoms with Gasteiger partial charge in [0.25, 0.3) is 5.91 Å². The highest BCUT2D eigenvalue weighted by Gasteiger charge is 2.45. The summed E-state index contributed by atoms with van der Waals surface area (Å²) in [5, 5.41) is 18.4. The minimum Gasteiger partial charge on any atom is -0.454 e. The first-order valence-corrected chi connectivity index (χ1v) is 15.7. The fourth-order valence-electron chi connectivity index (χ4n) is 4.66. The van der Waals surface area contributed by atoms with Gasteiger partial charge in [-0.15, -0.1) is 0 Å². The molecule has 0 aliphatic heterocycles. The quantitative estimate of drug-likeness (QED) is 0.124. The number of anilines is 4. The maximum Gasteiger partial charge on any atom is 0.422 e. The second kappa shape index (κ2) is 14.6. The van der Waals surface area contributed by atoms with Crippen LogP contribution in [0.3, 0.4) is 0 Å². The summed E-state index contributed by atoms with van der Waals surface area (Å²) in [5.74, 6) is -2.13. The molecule has 0 atom stereocenters. The number of rotatable bonds is 13. The lowest BCUT2D eigenvalue weighted by Gasteiger charge is -2.25. The van der Waals surface area contributed by atoms with Gasteiger partial charge in [-0.25, -0.2) is 0 Å². The van der Waals surface area contributed by atoms with Crippen LogP contribution in [0.15, 0.2) is 60.9 Å². The molecule has 0 unspecified atom stereocenters. The largest absolute Gasteiger partial charge is 0.454 e. The molecular formula is C32H34ClF3N10O4. The molecule has 1 fully saturated rings. The number of amides is 3. The zero-order chi connectivity index (χ0) is 36.1. The monoisotopic (exact) mass is 714 g/mol. The molecular weight excluding hydrogens is 681 g/mol. The lowest BCUT2D eigenvalue weighted by atomic mass is 9.93. The number of aromatic nitrogens is 5. The van der Waals surface area contributed by atoms with Gasteiger partial charge < -0.3 is 31.3 Å². The standard InChI is InChI=1S/C32H34ClF3N10O4/c1-30(2,17-38-25(48)26(49)40-23-14-39-46(3)15-23)16-37-24(47)19-4-10-22(11-5-19)41-27-42-28(44-29(43-27)50-18-32(34,35)36)45-31(12-13-31)20-6-8-21(33)9-7-20/h4-11,14-15H,12-13,16-18H2,1-3H3,(H,37,47)(H,38,48)(H,40,49)(H2,41,42,43,44,45). The van der Waals surface area contributed by atoms with Crippen LogP contribution in [0, 0.1) is 5.41 Å². The number of aryl methyl sites for hydroxylation is 1. The molecule has 2 aromatic carbocycles. The molecule has 2 heterocycles. The molecule has 1 saturated carbocycles. The fraction of sp³-hybridized carbons (Fsp3) is 0.344. The minimum absolute atomic E-state index is 0.0102. The van der Waals surface area contributed by atoms with Gasteiger partial charge in [0, 0.05) is 42.6 Å². The van der Waals surface area contributed by atoms with Crippen LogP contribution in [-0.4, -0.2) is 68.3 Å². The Kier molecular flexibility index (Phi) is 10.4. The SMILES string of the molecule is Cn1cc(NC(=O)C(=O)NCC(C)(C)CNC(=O)c2ccc(Nc3nc(NC4(c5ccc(Cl)cc5)CC4)nc(OCC(F)(F)F)n3)cc2)cn1. The van der Waals surface area contributed by atoms with E-state index in [1.54, 1.807) is 37.5 Å². The van der Waals surface area contributed by atoms with Crippen LogP contribution < -0.4 is 31.3 Å². The second-order valence-electron chi connectivity index (χ2n) is 12.5. The Morgan fingerprint density at radius 1 is 0.900 bits per heavy atom. The van der Waals surface area contributed by atoms with E-state index in [1.807, 2.05) is 26.0 Å². The molecule has 14 nitrogen and oxygen atoms in total. The summed E-state index contributed by atoms with van der Waals surface area (Å²) in [4.78, 5) is 49.7. The summed E-state index contributed by atoms with van der Waals surface area (Å²) < 4.78 is 45.0. The summed E-state index contributed by atoms with van der Waals surface area (Å²) >= 11 is 6.03. The van der Waals surface area contributed by atoms with Crippen LogP contribution in [0.5, 0.6) is 6.01 Å². The zero-order valence-electron chi connectivity index (χ0n) is 27.2. The first-order chi connectivity index (χ1) is 23.6. The van der Waals surface area contributed by atoms with Crippen molar-refractivity contribution in [2.24, 2.45) is 12.5 Å². The van der Waals surface area contributed by atoms with Gasteiger partial charge in [0.05, 0.1) is 17.4 Å². The predicted molar refractivity (Wildman–Crippen MR) is 178 cm³/mol. The highest BCUT2D eigenvalue weighted by Crippen LogP contribution is 2.48. The summed E-state index contributed by atoms with van der Waals surface area (Å²) in [6.07, 6.45) is -0.168. The molecule has 0 saturated heterocycles. The van der Waals surface area contributed by atoms with E-state index in [2.05, 4.69) is 46.6 Å². The summed E-state index contributed by atoms with van der Waals surface area (Å²) in [7, 11) is 1.68. The van der Waals surface area contributed by atoms with Crippen LogP contribution >= 0.6 is 11.6 Å². The van der Waals surface area contributed by atoms with Crippen molar-refractivity contribution in [2.45, 2.75) is 38.4 Å². The van der Waals surface area contributed by atoms with Crippen LogP contribution in [0.1, 0.15) is 42.6 Å². The van der Waals surface area contributed by atoms with Crippen molar-refractivity contribution in [2.75, 3.05) is 35.6 Å². The molecule has 5 N–H and O–H groups in total. The Bertz CT molecular complexity index is 1850. The predicted octanol–water partition coefficient (Wildman–Crippen LogP) is 4.56. The Labute approximate surface area is 289 Å². The van der Waals surface area contributed by atoms with Crippen molar-refractivity contribution < 1.29 is 32.3 Å². The lowest BCUT2D eigenvalue weighted by Crippen LogP contribution is -2.44. The number of nitrogens with zero attached hydrogens (tertiary/aromatic N) is 5. The van der Waals surface area contributed by atoms with Crippen LogP contribution in [0.25, 0.3) is 0 Å². The number of hydrogen-bond acceptors (Lipinski definition) is 10. The van der Waals surface area contributed by atoms with Gasteiger partial charge in [-0.05, 0) is 60.2 Å². The number of carbonyl (C=O) groups excluding carboxylic acids is 3. The topological polar surface area (TPSA) is 177 Å². The van der Waals surface area contributed by atoms with Crippen molar-refractivity contribution in [3.8, 4) is 6.01 Å². The first-order valence-electron chi connectivity index (χ1n) is 15.3. The van der Waals surface area contributed by atoms with Crippen LogP contribution in [0.2, 0.25) is 5.02 Å². The molecule has 50 heavy (non-hydrogen) atoms. The lowest BCUT2D eigenvalue weighted by molar-refractivity contribution is -0.154. The molecule has 18 heteroatoms. The van der Waals surface area contributed by atoms with Crippen molar-refractivity contribution in [3.05, 3.63) is 77.1 Å². The molecule has 4 aromatic rings. The molecule has 1 aliphatic carbocycles. The second-order valence-corrected chi connectivity index (χ2v) is 12.9. The average molecular weight is 715 g/mol. The van der Waals surface area contributed by atoms with E-state index in [9.17, 15) is 27.6 Å². The van der Waals surface area contributed by atoms with E-state index in [0.29, 0.717) is 22.0 Å². The van der Waals surface area contributed by atoms with Gasteiger partial charge in [0.15, 0.2) is 6.61 Å². The molecule has 2 aromatic heterocycles. The summed E-state index contributed by atoms with van der Waals surface area (Å²) in [6, 6.07) is 12.9. The number of ether oxygens (including phenoxy) is 1. The number of alkyl halides is 3. The highest BCUT2D eigenvalue weighted by molar-refractivity contribution is 6.39. The third-order valence-electron chi connectivity index (χ3n) is 7.50. The highest BCUT2D eigenvalue weighted by atomic mass is 35.5. The summed E-state index contributed by atoms with van der Waals surface area (Å²) in [6.45, 7) is 2.31. The maximum absolute atomic E-state index is 12.9. The number of benzene rings is 2. The van der Waals surface area contributed by atoms with Crippen LogP contribution in [0.4, 0.5) is 36.4 Å². The van der Waals surface area contributed by atoms with Gasteiger partial charge in [-0.2, -0.15) is 33.2 Å². The number of hydrogen-bond donors (Lipinski definition) is 5. The minimum atomic E-state index is -4.61. The Hall–Kier alpha value is -5.45. The van der Waals surface area contributed by atoms with Crippen LogP contribution in [-0.2, 0) is 22.2 Å². The Balaban J connectivity index is 1.18. The Morgan fingerprint density at radius 2 is 1.56 bits per heavy atom. The van der Waals surface area contributed by atoms with Gasteiger partial charge in [-0.3, -0.25) is 19.1 Å². The normalized spacial score (nSPS) is 13.6. The maximum atomic E-state index is 12.9. The molecule has 264 valence electrons. The van der Waals surface area contributed by atoms with E-state index < -0.39 is 47.5 Å². The van der Waals surface area contributed by atoms with E-state index in [1.165, 1.54) is 23.0 Å². The molecule has 0 spiro atoms. The fourth-order valence-corrected chi connectivity index (χ4v) is 4.79. The number of nitrogens with one attached hydrogen (secondary N) is 5. The number of carbonyl (C=O) groups is 3. The van der Waals surface area contributed by atoms with E-state index in [4.69, 9.17) is 16.3 Å². The van der Waals surface area contributed by atoms with E-state index in [0.717, 1.165) is 18.4 Å². The van der Waals surface area contributed by atoms with E-state index >= 15 is 0 Å². The number of halogens is 4. The Morgan fingerprint density at radius 3 is 2.18 bits per heavy atom. The van der Waals surface area contributed by atoms with Gasteiger partial charge in [-0.1, -0.05) is 37.6 Å². The van der Waals surface area contributed by atoms with Crippen molar-refractivity contribution in [3.63, 3.8) is 0 Å². The first kappa shape index (κ1) is 35.8. The molecule has 1 aliphatic rings.